The highest BCUT2D eigenvalue weighted by molar-refractivity contribution is 5.72. The van der Waals surface area contributed by atoms with Crippen molar-refractivity contribution in [3.8, 4) is 0 Å². The van der Waals surface area contributed by atoms with E-state index >= 15 is 0 Å². The van der Waals surface area contributed by atoms with E-state index in [-0.39, 0.29) is 32.0 Å². The fourth-order valence-electron chi connectivity index (χ4n) is 6.76. The van der Waals surface area contributed by atoms with Crippen molar-refractivity contribution >= 4 is 17.9 Å². The summed E-state index contributed by atoms with van der Waals surface area (Å²) in [4.78, 5) is 38.0. The molecule has 0 aromatic rings. The van der Waals surface area contributed by atoms with Crippen LogP contribution < -0.4 is 0 Å². The Morgan fingerprint density at radius 2 is 0.563 bits per heavy atom. The van der Waals surface area contributed by atoms with Crippen LogP contribution in [-0.4, -0.2) is 37.2 Å². The summed E-state index contributed by atoms with van der Waals surface area (Å²) in [5, 5.41) is 0. The van der Waals surface area contributed by atoms with E-state index in [0.29, 0.717) is 19.3 Å². The van der Waals surface area contributed by atoms with E-state index < -0.39 is 18.0 Å². The largest absolute Gasteiger partial charge is 0.462 e. The minimum absolute atomic E-state index is 0.0681. The number of allylic oxidation sites excluding steroid dienone is 26. The van der Waals surface area contributed by atoms with E-state index in [0.717, 1.165) is 103 Å². The molecule has 0 aliphatic carbocycles. The van der Waals surface area contributed by atoms with Gasteiger partial charge in [0.2, 0.25) is 0 Å². The fourth-order valence-corrected chi connectivity index (χ4v) is 6.76. The van der Waals surface area contributed by atoms with Gasteiger partial charge in [0.25, 0.3) is 0 Å². The molecule has 6 nitrogen and oxygen atoms in total. The van der Waals surface area contributed by atoms with Crippen molar-refractivity contribution in [2.75, 3.05) is 13.2 Å². The van der Waals surface area contributed by atoms with Gasteiger partial charge in [0.15, 0.2) is 6.10 Å². The van der Waals surface area contributed by atoms with Gasteiger partial charge < -0.3 is 14.2 Å². The first-order valence-corrected chi connectivity index (χ1v) is 27.6. The standard InChI is InChI=1S/C65H98O6/c1-4-7-10-13-16-19-22-25-28-29-30-31-32-33-34-35-38-40-43-46-49-52-55-58-64(67)70-61-62(71-65(68)59-56-53-50-47-44-41-37-27-24-21-18-15-12-9-6-3)60-69-63(66)57-54-51-48-45-42-39-36-26-23-20-17-14-11-8-5-2/h7-12,16-21,25-28,30-31,36-37,42,44-45,47,51,53-54,56,62H,4-6,13-15,22-24,29,32-35,38-41,43,46,48-50,52,55,57-61H2,1-3H3/b10-7-,11-8-,12-9-,19-16-,20-17-,21-18-,28-25-,31-30-,36-26-,37-27-,45-42-,47-44-,54-51-,56-53-. The third-order valence-corrected chi connectivity index (χ3v) is 10.8. The molecule has 0 saturated heterocycles. The SMILES string of the molecule is CC/C=C\C/C=C\C/C=C\C/C=C\C/C=C\CC(=O)OCC(COC(=O)CCCCCCCCCCCC/C=C\C/C=C\C/C=C\C/C=C\CC)OC(=O)C/C=C\C/C=C\C/C=C\C/C=C\C/C=C\CC. The van der Waals surface area contributed by atoms with Crippen LogP contribution in [0.15, 0.2) is 170 Å². The molecule has 0 saturated carbocycles. The lowest BCUT2D eigenvalue weighted by Gasteiger charge is -2.17. The second-order valence-electron chi connectivity index (χ2n) is 17.4. The van der Waals surface area contributed by atoms with E-state index in [2.05, 4.69) is 167 Å². The van der Waals surface area contributed by atoms with Crippen molar-refractivity contribution in [2.24, 2.45) is 0 Å². The maximum Gasteiger partial charge on any atom is 0.310 e. The Balaban J connectivity index is 4.56. The smallest absolute Gasteiger partial charge is 0.310 e. The third-order valence-electron chi connectivity index (χ3n) is 10.8. The lowest BCUT2D eigenvalue weighted by Crippen LogP contribution is -2.30. The molecule has 0 bridgehead atoms. The van der Waals surface area contributed by atoms with Crippen molar-refractivity contribution < 1.29 is 28.6 Å². The molecule has 0 aliphatic heterocycles. The first-order chi connectivity index (χ1) is 35.0. The van der Waals surface area contributed by atoms with Gasteiger partial charge in [-0.25, -0.2) is 0 Å². The van der Waals surface area contributed by atoms with Gasteiger partial charge in [0.1, 0.15) is 13.2 Å². The fraction of sp³-hybridized carbons (Fsp3) is 0.523. The number of esters is 3. The first-order valence-electron chi connectivity index (χ1n) is 27.6. The van der Waals surface area contributed by atoms with Crippen LogP contribution in [0.25, 0.3) is 0 Å². The minimum atomic E-state index is -0.883. The van der Waals surface area contributed by atoms with Crippen LogP contribution in [0.2, 0.25) is 0 Å². The summed E-state index contributed by atoms with van der Waals surface area (Å²) in [6.45, 7) is 6.10. The number of hydrogen-bond acceptors (Lipinski definition) is 6. The van der Waals surface area contributed by atoms with Gasteiger partial charge in [-0.15, -0.1) is 0 Å². The molecule has 0 amide bonds. The number of unbranched alkanes of at least 4 members (excludes halogenated alkanes) is 10. The molecule has 0 aromatic carbocycles. The van der Waals surface area contributed by atoms with Gasteiger partial charge in [0, 0.05) is 6.42 Å². The monoisotopic (exact) mass is 975 g/mol. The summed E-state index contributed by atoms with van der Waals surface area (Å²) in [6.07, 6.45) is 85.4. The second kappa shape index (κ2) is 57.3. The summed E-state index contributed by atoms with van der Waals surface area (Å²) in [5.41, 5.74) is 0. The van der Waals surface area contributed by atoms with Crippen molar-refractivity contribution in [3.05, 3.63) is 170 Å². The van der Waals surface area contributed by atoms with E-state index in [9.17, 15) is 14.4 Å². The Hall–Kier alpha value is -5.23. The second-order valence-corrected chi connectivity index (χ2v) is 17.4. The Bertz CT molecular complexity index is 1690. The molecule has 0 aromatic heterocycles. The van der Waals surface area contributed by atoms with Crippen molar-refractivity contribution in [1.29, 1.82) is 0 Å². The Labute approximate surface area is 434 Å². The quantitative estimate of drug-likeness (QED) is 0.0262. The Morgan fingerprint density at radius 3 is 0.915 bits per heavy atom. The molecule has 0 fully saturated rings. The van der Waals surface area contributed by atoms with Crippen LogP contribution in [0.5, 0.6) is 0 Å². The summed E-state index contributed by atoms with van der Waals surface area (Å²) in [6, 6.07) is 0. The average Bonchev–Trinajstić information content (AvgIpc) is 3.37. The van der Waals surface area contributed by atoms with Crippen LogP contribution >= 0.6 is 0 Å². The minimum Gasteiger partial charge on any atom is -0.462 e. The van der Waals surface area contributed by atoms with E-state index in [1.165, 1.54) is 44.9 Å². The molecule has 1 atom stereocenters. The molecule has 0 rings (SSSR count). The number of hydrogen-bond donors (Lipinski definition) is 0. The molecule has 394 valence electrons. The van der Waals surface area contributed by atoms with Crippen LogP contribution in [0.3, 0.4) is 0 Å². The molecule has 0 radical (unpaired) electrons. The zero-order valence-electron chi connectivity index (χ0n) is 44.9. The summed E-state index contributed by atoms with van der Waals surface area (Å²) >= 11 is 0. The van der Waals surface area contributed by atoms with Crippen LogP contribution in [0.1, 0.15) is 201 Å². The summed E-state index contributed by atoms with van der Waals surface area (Å²) in [5.74, 6) is -1.24. The normalized spacial score (nSPS) is 13.5. The predicted octanol–water partition coefficient (Wildman–Crippen LogP) is 18.8. The van der Waals surface area contributed by atoms with E-state index in [1.807, 2.05) is 12.2 Å². The molecule has 0 heterocycles. The maximum absolute atomic E-state index is 12.8. The van der Waals surface area contributed by atoms with Crippen molar-refractivity contribution in [1.82, 2.24) is 0 Å². The molecular weight excluding hydrogens is 877 g/mol. The van der Waals surface area contributed by atoms with E-state index in [1.54, 1.807) is 12.2 Å². The van der Waals surface area contributed by atoms with Gasteiger partial charge in [-0.3, -0.25) is 14.4 Å². The topological polar surface area (TPSA) is 78.9 Å². The Kier molecular flexibility index (Phi) is 53.1. The number of carbonyl (C=O) groups excluding carboxylic acids is 3. The Morgan fingerprint density at radius 1 is 0.296 bits per heavy atom. The highest BCUT2D eigenvalue weighted by Crippen LogP contribution is 2.13. The van der Waals surface area contributed by atoms with Crippen molar-refractivity contribution in [2.45, 2.75) is 207 Å². The first kappa shape index (κ1) is 65.8. The zero-order chi connectivity index (χ0) is 51.4. The zero-order valence-corrected chi connectivity index (χ0v) is 44.9. The maximum atomic E-state index is 12.8. The number of carbonyl (C=O) groups is 3. The van der Waals surface area contributed by atoms with Gasteiger partial charge in [-0.2, -0.15) is 0 Å². The molecule has 6 heteroatoms. The van der Waals surface area contributed by atoms with Crippen molar-refractivity contribution in [3.63, 3.8) is 0 Å². The molecule has 71 heavy (non-hydrogen) atoms. The number of ether oxygens (including phenoxy) is 3. The van der Waals surface area contributed by atoms with Gasteiger partial charge in [-0.05, 0) is 109 Å². The van der Waals surface area contributed by atoms with Crippen LogP contribution in [0, 0.1) is 0 Å². The third kappa shape index (κ3) is 55.6. The highest BCUT2D eigenvalue weighted by atomic mass is 16.6. The molecule has 0 N–H and O–H groups in total. The molecule has 1 unspecified atom stereocenters. The van der Waals surface area contributed by atoms with Crippen LogP contribution in [0.4, 0.5) is 0 Å². The summed E-state index contributed by atoms with van der Waals surface area (Å²) < 4.78 is 16.6. The lowest BCUT2D eigenvalue weighted by molar-refractivity contribution is -0.166. The van der Waals surface area contributed by atoms with E-state index in [4.69, 9.17) is 14.2 Å². The highest BCUT2D eigenvalue weighted by Gasteiger charge is 2.19. The predicted molar refractivity (Wildman–Crippen MR) is 306 cm³/mol. The van der Waals surface area contributed by atoms with Gasteiger partial charge in [0.05, 0.1) is 12.8 Å². The average molecular weight is 975 g/mol. The molecule has 0 spiro atoms. The van der Waals surface area contributed by atoms with Gasteiger partial charge in [-0.1, -0.05) is 242 Å². The van der Waals surface area contributed by atoms with Crippen LogP contribution in [-0.2, 0) is 28.6 Å². The lowest BCUT2D eigenvalue weighted by atomic mass is 10.1. The van der Waals surface area contributed by atoms with Gasteiger partial charge >= 0.3 is 17.9 Å². The molecule has 0 aliphatic rings. The molecular formula is C65H98O6. The number of rotatable bonds is 47. The summed E-state index contributed by atoms with van der Waals surface area (Å²) in [7, 11) is 0.